The predicted octanol–water partition coefficient (Wildman–Crippen LogP) is 5.75. The van der Waals surface area contributed by atoms with Crippen molar-refractivity contribution in [3.63, 3.8) is 0 Å². The van der Waals surface area contributed by atoms with Crippen LogP contribution in [0.2, 0.25) is 0 Å². The van der Waals surface area contributed by atoms with Crippen LogP contribution in [0.5, 0.6) is 0 Å². The van der Waals surface area contributed by atoms with Crippen molar-refractivity contribution < 1.29 is 27.2 Å². The topological polar surface area (TPSA) is 49.9 Å². The van der Waals surface area contributed by atoms with Crippen LogP contribution in [-0.4, -0.2) is 16.6 Å². The van der Waals surface area contributed by atoms with Gasteiger partial charge in [-0.25, -0.2) is 17.6 Å². The molecule has 0 fully saturated rings. The molecule has 3 nitrogen and oxygen atoms in total. The van der Waals surface area contributed by atoms with Gasteiger partial charge in [0.05, 0.1) is 21.1 Å². The lowest BCUT2D eigenvalue weighted by Crippen LogP contribution is -2.18. The maximum Gasteiger partial charge on any atom is 0.217 e. The molecule has 0 bridgehead atoms. The first-order valence-corrected chi connectivity index (χ1v) is 9.75. The number of halogens is 4. The summed E-state index contributed by atoms with van der Waals surface area (Å²) in [4.78, 5) is 28.9. The quantitative estimate of drug-likeness (QED) is 0.531. The lowest BCUT2D eigenvalue weighted by molar-refractivity contribution is 0.0986. The summed E-state index contributed by atoms with van der Waals surface area (Å²) in [5, 5.41) is 0. The van der Waals surface area contributed by atoms with Gasteiger partial charge < -0.3 is 4.98 Å². The minimum Gasteiger partial charge on any atom is -0.358 e. The molecule has 1 heterocycles. The Bertz CT molecular complexity index is 1110. The molecule has 9 heteroatoms. The summed E-state index contributed by atoms with van der Waals surface area (Å²) < 4.78 is 53.6. The zero-order valence-electron chi connectivity index (χ0n) is 14.3. The number of allylic oxidation sites excluding steroid dienone is 2. The molecule has 1 N–H and O–H groups in total. The molecule has 0 amide bonds. The van der Waals surface area contributed by atoms with Crippen molar-refractivity contribution in [2.24, 2.45) is 0 Å². The van der Waals surface area contributed by atoms with E-state index in [4.69, 9.17) is 0 Å². The largest absolute Gasteiger partial charge is 0.358 e. The lowest BCUT2D eigenvalue weighted by Gasteiger charge is -2.18. The molecular weight excluding hydrogens is 426 g/mol. The Labute approximate surface area is 170 Å². The molecule has 0 aliphatic heterocycles. The van der Waals surface area contributed by atoms with E-state index in [9.17, 15) is 27.2 Å². The molecule has 0 spiro atoms. The summed E-state index contributed by atoms with van der Waals surface area (Å²) in [6.07, 6.45) is 1.44. The first-order valence-electron chi connectivity index (χ1n) is 8.12. The summed E-state index contributed by atoms with van der Waals surface area (Å²) in [6, 6.07) is 7.65. The average Bonchev–Trinajstić information content (AvgIpc) is 3.18. The van der Waals surface area contributed by atoms with Gasteiger partial charge in [-0.05, 0) is 42.5 Å². The number of Topliss-reactive ketones (excluding diaryl/α,β-unsaturated/α-hetero) is 2. The Hall–Kier alpha value is -2.78. The molecule has 1 aliphatic carbocycles. The number of carbonyl (C=O) groups is 2. The van der Waals surface area contributed by atoms with Crippen molar-refractivity contribution >= 4 is 35.1 Å². The standard InChI is InChI=1S/C20H9F4NO2S2/c21-12-3-1-9(7-14(12)23)28-19-17(26)11-5-6-25-16(11)18(27)20(19)29-10-2-4-13(22)15(24)8-10/h1-8,25H. The summed E-state index contributed by atoms with van der Waals surface area (Å²) in [6.45, 7) is 0. The van der Waals surface area contributed by atoms with Crippen LogP contribution in [0.25, 0.3) is 0 Å². The molecule has 0 atom stereocenters. The number of hydrogen-bond acceptors (Lipinski definition) is 4. The molecule has 4 rings (SSSR count). The second kappa shape index (κ2) is 7.57. The lowest BCUT2D eigenvalue weighted by atomic mass is 10.0. The van der Waals surface area contributed by atoms with Gasteiger partial charge in [0.15, 0.2) is 23.3 Å². The Morgan fingerprint density at radius 2 is 1.17 bits per heavy atom. The zero-order valence-corrected chi connectivity index (χ0v) is 15.9. The Morgan fingerprint density at radius 1 is 0.655 bits per heavy atom. The number of H-pyrrole nitrogens is 1. The molecular formula is C20H9F4NO2S2. The minimum absolute atomic E-state index is 0.0113. The SMILES string of the molecule is O=C1C(Sc2ccc(F)c(F)c2)=C(Sc2ccc(F)c(F)c2)C(=O)c2[nH]ccc21. The van der Waals surface area contributed by atoms with E-state index in [1.807, 2.05) is 0 Å². The van der Waals surface area contributed by atoms with Crippen molar-refractivity contribution in [3.05, 3.63) is 93.0 Å². The number of aromatic nitrogens is 1. The van der Waals surface area contributed by atoms with Crippen LogP contribution >= 0.6 is 23.5 Å². The monoisotopic (exact) mass is 435 g/mol. The number of aromatic amines is 1. The van der Waals surface area contributed by atoms with Crippen LogP contribution in [0, 0.1) is 23.3 Å². The molecule has 1 aliphatic rings. The van der Waals surface area contributed by atoms with E-state index in [0.717, 1.165) is 47.8 Å². The highest BCUT2D eigenvalue weighted by Crippen LogP contribution is 2.43. The van der Waals surface area contributed by atoms with Gasteiger partial charge in [0.25, 0.3) is 0 Å². The Balaban J connectivity index is 1.80. The van der Waals surface area contributed by atoms with E-state index in [-0.39, 0.29) is 30.9 Å². The highest BCUT2D eigenvalue weighted by Gasteiger charge is 2.34. The predicted molar refractivity (Wildman–Crippen MR) is 101 cm³/mol. The first kappa shape index (κ1) is 19.5. The number of benzene rings is 2. The number of thioether (sulfide) groups is 2. The van der Waals surface area contributed by atoms with Gasteiger partial charge in [-0.3, -0.25) is 9.59 Å². The molecule has 1 aromatic heterocycles. The van der Waals surface area contributed by atoms with Crippen molar-refractivity contribution in [1.29, 1.82) is 0 Å². The third-order valence-corrected chi connectivity index (χ3v) is 6.36. The summed E-state index contributed by atoms with van der Waals surface area (Å²) >= 11 is 1.60. The summed E-state index contributed by atoms with van der Waals surface area (Å²) in [5.74, 6) is -5.27. The van der Waals surface area contributed by atoms with E-state index < -0.39 is 34.8 Å². The van der Waals surface area contributed by atoms with Crippen LogP contribution in [-0.2, 0) is 0 Å². The number of hydrogen-bond donors (Lipinski definition) is 1. The third-order valence-electron chi connectivity index (χ3n) is 4.06. The molecule has 146 valence electrons. The Morgan fingerprint density at radius 3 is 1.69 bits per heavy atom. The van der Waals surface area contributed by atoms with Gasteiger partial charge in [-0.2, -0.15) is 0 Å². The number of nitrogens with one attached hydrogen (secondary N) is 1. The summed E-state index contributed by atoms with van der Waals surface area (Å²) in [7, 11) is 0. The van der Waals surface area contributed by atoms with Crippen LogP contribution in [0.15, 0.2) is 68.3 Å². The fourth-order valence-corrected chi connectivity index (χ4v) is 4.78. The van der Waals surface area contributed by atoms with Crippen molar-refractivity contribution in [2.75, 3.05) is 0 Å². The molecule has 0 saturated carbocycles. The van der Waals surface area contributed by atoms with E-state index in [2.05, 4.69) is 4.98 Å². The van der Waals surface area contributed by atoms with Gasteiger partial charge in [0.1, 0.15) is 0 Å². The maximum absolute atomic E-state index is 13.6. The van der Waals surface area contributed by atoms with Crippen LogP contribution in [0.3, 0.4) is 0 Å². The third kappa shape index (κ3) is 3.63. The van der Waals surface area contributed by atoms with Crippen LogP contribution < -0.4 is 0 Å². The van der Waals surface area contributed by atoms with E-state index in [0.29, 0.717) is 0 Å². The van der Waals surface area contributed by atoms with Crippen molar-refractivity contribution in [2.45, 2.75) is 9.79 Å². The highest BCUT2D eigenvalue weighted by atomic mass is 32.2. The zero-order chi connectivity index (χ0) is 20.7. The van der Waals surface area contributed by atoms with Gasteiger partial charge in [-0.1, -0.05) is 23.5 Å². The normalized spacial score (nSPS) is 13.8. The average molecular weight is 435 g/mol. The first-order chi connectivity index (χ1) is 13.8. The molecule has 3 aromatic rings. The molecule has 2 aromatic carbocycles. The second-order valence-corrected chi connectivity index (χ2v) is 8.11. The number of ketones is 2. The molecule has 0 unspecified atom stereocenters. The smallest absolute Gasteiger partial charge is 0.217 e. The van der Waals surface area contributed by atoms with Crippen LogP contribution in [0.4, 0.5) is 17.6 Å². The highest BCUT2D eigenvalue weighted by molar-refractivity contribution is 8.08. The van der Waals surface area contributed by atoms with Crippen LogP contribution in [0.1, 0.15) is 20.8 Å². The maximum atomic E-state index is 13.6. The van der Waals surface area contributed by atoms with Gasteiger partial charge in [-0.15, -0.1) is 0 Å². The Kier molecular flexibility index (Phi) is 5.10. The fourth-order valence-electron chi connectivity index (χ4n) is 2.69. The van der Waals surface area contributed by atoms with Crippen molar-refractivity contribution in [1.82, 2.24) is 4.98 Å². The van der Waals surface area contributed by atoms with Gasteiger partial charge in [0, 0.05) is 16.0 Å². The number of carbonyl (C=O) groups excluding carboxylic acids is 2. The van der Waals surface area contributed by atoms with E-state index in [1.165, 1.54) is 24.4 Å². The number of fused-ring (bicyclic) bond motifs is 1. The van der Waals surface area contributed by atoms with Gasteiger partial charge >= 0.3 is 0 Å². The fraction of sp³-hybridized carbons (Fsp3) is 0. The van der Waals surface area contributed by atoms with E-state index >= 15 is 0 Å². The molecule has 0 radical (unpaired) electrons. The minimum atomic E-state index is -1.10. The second-order valence-electron chi connectivity index (χ2n) is 5.94. The van der Waals surface area contributed by atoms with Gasteiger partial charge in [0.2, 0.25) is 11.6 Å². The van der Waals surface area contributed by atoms with Crippen molar-refractivity contribution in [3.8, 4) is 0 Å². The van der Waals surface area contributed by atoms with E-state index in [1.54, 1.807) is 0 Å². The summed E-state index contributed by atoms with van der Waals surface area (Å²) in [5.41, 5.74) is 0.226. The molecule has 29 heavy (non-hydrogen) atoms. The number of rotatable bonds is 4. The molecule has 0 saturated heterocycles.